The van der Waals surface area contributed by atoms with Gasteiger partial charge in [0.1, 0.15) is 0 Å². The van der Waals surface area contributed by atoms with Crippen LogP contribution >= 0.6 is 0 Å². The maximum atomic E-state index is 12.0. The first-order chi connectivity index (χ1) is 11.6. The highest BCUT2D eigenvalue weighted by molar-refractivity contribution is 5.73. The molecule has 1 aliphatic heterocycles. The number of piperazine rings is 1. The van der Waals surface area contributed by atoms with E-state index in [0.29, 0.717) is 13.1 Å². The van der Waals surface area contributed by atoms with Crippen molar-refractivity contribution in [2.75, 3.05) is 40.3 Å². The van der Waals surface area contributed by atoms with Crippen LogP contribution < -0.4 is 0 Å². The lowest BCUT2D eigenvalue weighted by Gasteiger charge is -2.38. The number of carbonyl (C=O) groups is 1. The summed E-state index contributed by atoms with van der Waals surface area (Å²) in [5, 5.41) is 12.2. The summed E-state index contributed by atoms with van der Waals surface area (Å²) in [4.78, 5) is 17.8. The van der Waals surface area contributed by atoms with E-state index in [1.165, 1.54) is 0 Å². The number of rotatable bonds is 3. The molecule has 2 aromatic rings. The maximum Gasteiger partial charge on any atom is 0.319 e. The molecule has 8 nitrogen and oxygen atoms in total. The minimum absolute atomic E-state index is 0.0661. The predicted molar refractivity (Wildman–Crippen MR) is 89.8 cm³/mol. The third-order valence-electron chi connectivity index (χ3n) is 4.38. The second-order valence-electron chi connectivity index (χ2n) is 6.16. The molecule has 128 valence electrons. The van der Waals surface area contributed by atoms with Gasteiger partial charge in [0, 0.05) is 40.3 Å². The van der Waals surface area contributed by atoms with Gasteiger partial charge >= 0.3 is 6.03 Å². The van der Waals surface area contributed by atoms with E-state index in [1.54, 1.807) is 23.7 Å². The molecular formula is C16H23N7O. The highest BCUT2D eigenvalue weighted by Gasteiger charge is 2.28. The molecule has 0 bridgehead atoms. The number of benzene rings is 1. The van der Waals surface area contributed by atoms with Gasteiger partial charge in [0.25, 0.3) is 0 Å². The van der Waals surface area contributed by atoms with Gasteiger partial charge in [-0.05, 0) is 29.5 Å². The lowest BCUT2D eigenvalue weighted by Crippen LogP contribution is -2.52. The van der Waals surface area contributed by atoms with Crippen LogP contribution in [0, 0.1) is 0 Å². The van der Waals surface area contributed by atoms with E-state index in [2.05, 4.69) is 27.3 Å². The summed E-state index contributed by atoms with van der Waals surface area (Å²) >= 11 is 0. The van der Waals surface area contributed by atoms with Gasteiger partial charge in [-0.1, -0.05) is 18.2 Å². The highest BCUT2D eigenvalue weighted by atomic mass is 16.2. The number of hydrogen-bond donors (Lipinski definition) is 0. The first-order valence-corrected chi connectivity index (χ1v) is 8.12. The van der Waals surface area contributed by atoms with E-state index in [-0.39, 0.29) is 12.1 Å². The van der Waals surface area contributed by atoms with Crippen molar-refractivity contribution in [3.05, 3.63) is 36.2 Å². The van der Waals surface area contributed by atoms with Crippen LogP contribution in [0.3, 0.4) is 0 Å². The van der Waals surface area contributed by atoms with Gasteiger partial charge < -0.3 is 9.80 Å². The van der Waals surface area contributed by atoms with Gasteiger partial charge in [0.2, 0.25) is 0 Å². The monoisotopic (exact) mass is 329 g/mol. The van der Waals surface area contributed by atoms with Gasteiger partial charge in [0.15, 0.2) is 5.82 Å². The van der Waals surface area contributed by atoms with E-state index < -0.39 is 0 Å². The zero-order valence-electron chi connectivity index (χ0n) is 14.3. The molecule has 1 unspecified atom stereocenters. The lowest BCUT2D eigenvalue weighted by molar-refractivity contribution is 0.0992. The van der Waals surface area contributed by atoms with Crippen LogP contribution in [-0.4, -0.2) is 81.2 Å². The second-order valence-corrected chi connectivity index (χ2v) is 6.16. The van der Waals surface area contributed by atoms with Crippen molar-refractivity contribution in [1.29, 1.82) is 0 Å². The molecule has 1 atom stereocenters. The molecule has 1 saturated heterocycles. The first kappa shape index (κ1) is 16.4. The average molecular weight is 329 g/mol. The van der Waals surface area contributed by atoms with Crippen LogP contribution in [0.15, 0.2) is 30.3 Å². The van der Waals surface area contributed by atoms with Gasteiger partial charge in [-0.15, -0.1) is 5.10 Å². The Morgan fingerprint density at radius 1 is 1.12 bits per heavy atom. The number of carbonyl (C=O) groups excluding carboxylic acids is 1. The number of amides is 2. The van der Waals surface area contributed by atoms with Crippen molar-refractivity contribution in [2.24, 2.45) is 0 Å². The number of urea groups is 1. The van der Waals surface area contributed by atoms with Gasteiger partial charge in [0.05, 0.1) is 11.7 Å². The van der Waals surface area contributed by atoms with Crippen LogP contribution in [0.4, 0.5) is 4.79 Å². The molecule has 0 N–H and O–H groups in total. The molecule has 0 spiro atoms. The zero-order valence-corrected chi connectivity index (χ0v) is 14.3. The molecule has 24 heavy (non-hydrogen) atoms. The Morgan fingerprint density at radius 3 is 2.42 bits per heavy atom. The fourth-order valence-electron chi connectivity index (χ4n) is 2.95. The Kier molecular flexibility index (Phi) is 4.75. The third kappa shape index (κ3) is 3.23. The van der Waals surface area contributed by atoms with E-state index in [9.17, 15) is 4.79 Å². The quantitative estimate of drug-likeness (QED) is 0.841. The standard InChI is InChI=1S/C16H23N7O/c1-13(21-9-11-22(12-10-21)16(24)20(2)3)15-17-18-19-23(15)14-7-5-4-6-8-14/h4-8,13H,9-12H2,1-3H3. The van der Waals surface area contributed by atoms with E-state index >= 15 is 0 Å². The summed E-state index contributed by atoms with van der Waals surface area (Å²) in [6.45, 7) is 5.15. The molecule has 8 heteroatoms. The molecule has 1 aromatic carbocycles. The minimum Gasteiger partial charge on any atom is -0.331 e. The SMILES string of the molecule is CC(c1nnnn1-c1ccccc1)N1CCN(C(=O)N(C)C)CC1. The average Bonchev–Trinajstić information content (AvgIpc) is 3.11. The van der Waals surface area contributed by atoms with Crippen molar-refractivity contribution in [2.45, 2.75) is 13.0 Å². The largest absolute Gasteiger partial charge is 0.331 e. The van der Waals surface area contributed by atoms with Gasteiger partial charge in [-0.3, -0.25) is 4.90 Å². The molecule has 0 aliphatic carbocycles. The fraction of sp³-hybridized carbons (Fsp3) is 0.500. The minimum atomic E-state index is 0.0661. The third-order valence-corrected chi connectivity index (χ3v) is 4.38. The lowest BCUT2D eigenvalue weighted by atomic mass is 10.2. The number of hydrogen-bond acceptors (Lipinski definition) is 5. The molecular weight excluding hydrogens is 306 g/mol. The molecule has 2 amide bonds. The maximum absolute atomic E-state index is 12.0. The van der Waals surface area contributed by atoms with Gasteiger partial charge in [-0.2, -0.15) is 4.68 Å². The van der Waals surface area contributed by atoms with Crippen molar-refractivity contribution in [1.82, 2.24) is 34.9 Å². The van der Waals surface area contributed by atoms with Crippen molar-refractivity contribution < 1.29 is 4.79 Å². The number of aromatic nitrogens is 4. The smallest absolute Gasteiger partial charge is 0.319 e. The Hall–Kier alpha value is -2.48. The predicted octanol–water partition coefficient (Wildman–Crippen LogP) is 1.02. The topological polar surface area (TPSA) is 70.4 Å². The van der Waals surface area contributed by atoms with Crippen LogP contribution in [0.1, 0.15) is 18.8 Å². The number of nitrogens with zero attached hydrogens (tertiary/aromatic N) is 7. The Balaban J connectivity index is 1.70. The summed E-state index contributed by atoms with van der Waals surface area (Å²) < 4.78 is 1.78. The van der Waals surface area contributed by atoms with E-state index in [4.69, 9.17) is 0 Å². The summed E-state index contributed by atoms with van der Waals surface area (Å²) in [7, 11) is 3.57. The van der Waals surface area contributed by atoms with E-state index in [0.717, 1.165) is 24.6 Å². The molecule has 2 heterocycles. The summed E-state index contributed by atoms with van der Waals surface area (Å²) in [5.41, 5.74) is 0.950. The Bertz CT molecular complexity index is 677. The molecule has 3 rings (SSSR count). The van der Waals surface area contributed by atoms with E-state index in [1.807, 2.05) is 35.2 Å². The Labute approximate surface area is 141 Å². The van der Waals surface area contributed by atoms with Crippen molar-refractivity contribution in [3.63, 3.8) is 0 Å². The summed E-state index contributed by atoms with van der Waals surface area (Å²) in [6.07, 6.45) is 0. The van der Waals surface area contributed by atoms with Crippen LogP contribution in [-0.2, 0) is 0 Å². The second kappa shape index (κ2) is 6.96. The van der Waals surface area contributed by atoms with Crippen molar-refractivity contribution in [3.8, 4) is 5.69 Å². The zero-order chi connectivity index (χ0) is 17.1. The van der Waals surface area contributed by atoms with Crippen LogP contribution in [0.25, 0.3) is 5.69 Å². The molecule has 1 aromatic heterocycles. The molecule has 0 saturated carbocycles. The van der Waals surface area contributed by atoms with Crippen LogP contribution in [0.2, 0.25) is 0 Å². The summed E-state index contributed by atoms with van der Waals surface area (Å²) in [6, 6.07) is 10.0. The highest BCUT2D eigenvalue weighted by Crippen LogP contribution is 2.21. The fourth-order valence-corrected chi connectivity index (χ4v) is 2.95. The molecule has 1 fully saturated rings. The number of para-hydroxylation sites is 1. The van der Waals surface area contributed by atoms with Crippen LogP contribution in [0.5, 0.6) is 0 Å². The summed E-state index contributed by atoms with van der Waals surface area (Å²) in [5.74, 6) is 0.814. The normalized spacial score (nSPS) is 16.9. The Morgan fingerprint density at radius 2 is 1.79 bits per heavy atom. The van der Waals surface area contributed by atoms with Crippen molar-refractivity contribution >= 4 is 6.03 Å². The molecule has 0 radical (unpaired) electrons. The number of tetrazole rings is 1. The van der Waals surface area contributed by atoms with Gasteiger partial charge in [-0.25, -0.2) is 4.79 Å². The first-order valence-electron chi connectivity index (χ1n) is 8.12. The molecule has 1 aliphatic rings.